The second kappa shape index (κ2) is 5.49. The van der Waals surface area contributed by atoms with Crippen LogP contribution >= 0.6 is 15.9 Å². The number of benzene rings is 1. The largest absolute Gasteiger partial charge is 0.374 e. The summed E-state index contributed by atoms with van der Waals surface area (Å²) in [6, 6.07) is 7.54. The van der Waals surface area contributed by atoms with Crippen LogP contribution in [-0.4, -0.2) is 30.6 Å². The van der Waals surface area contributed by atoms with Crippen molar-refractivity contribution in [2.75, 3.05) is 20.6 Å². The van der Waals surface area contributed by atoms with E-state index in [2.05, 4.69) is 27.8 Å². The third-order valence-electron chi connectivity index (χ3n) is 2.13. The van der Waals surface area contributed by atoms with E-state index in [4.69, 9.17) is 0 Å². The Balaban J connectivity index is 2.83. The van der Waals surface area contributed by atoms with Crippen LogP contribution in [0.4, 0.5) is 0 Å². The first-order chi connectivity index (χ1) is 7.42. The van der Waals surface area contributed by atoms with E-state index in [1.165, 1.54) is 0 Å². The fraction of sp³-hybridized carbons (Fsp3) is 0.385. The van der Waals surface area contributed by atoms with E-state index in [0.717, 1.165) is 10.0 Å². The van der Waals surface area contributed by atoms with Crippen molar-refractivity contribution in [3.05, 3.63) is 34.3 Å². The Hall–Kier alpha value is -0.820. The van der Waals surface area contributed by atoms with Gasteiger partial charge in [0.25, 0.3) is 0 Å². The molecular weight excluding hydrogens is 266 g/mol. The Kier molecular flexibility index (Phi) is 4.55. The van der Waals surface area contributed by atoms with Gasteiger partial charge in [-0.05, 0) is 38.7 Å². The van der Waals surface area contributed by atoms with Crippen molar-refractivity contribution in [3.8, 4) is 11.8 Å². The highest BCUT2D eigenvalue weighted by Crippen LogP contribution is 2.21. The van der Waals surface area contributed by atoms with E-state index in [1.807, 2.05) is 43.3 Å². The zero-order valence-corrected chi connectivity index (χ0v) is 11.4. The first kappa shape index (κ1) is 13.2. The van der Waals surface area contributed by atoms with E-state index in [1.54, 1.807) is 6.92 Å². The van der Waals surface area contributed by atoms with Crippen LogP contribution in [0, 0.1) is 11.8 Å². The minimum atomic E-state index is -1.09. The maximum Gasteiger partial charge on any atom is 0.148 e. The average Bonchev–Trinajstić information content (AvgIpc) is 2.17. The molecule has 1 aromatic rings. The number of halogens is 1. The molecule has 1 atom stereocenters. The molecule has 0 spiro atoms. The molecule has 0 aromatic heterocycles. The summed E-state index contributed by atoms with van der Waals surface area (Å²) in [4.78, 5) is 1.96. The van der Waals surface area contributed by atoms with Gasteiger partial charge in [0.05, 0.1) is 6.54 Å². The van der Waals surface area contributed by atoms with Crippen molar-refractivity contribution in [1.29, 1.82) is 0 Å². The van der Waals surface area contributed by atoms with Gasteiger partial charge in [0.1, 0.15) is 5.60 Å². The molecule has 0 aliphatic carbocycles. The molecule has 1 N–H and O–H groups in total. The van der Waals surface area contributed by atoms with Crippen LogP contribution in [0.2, 0.25) is 0 Å². The maximum absolute atomic E-state index is 10.2. The van der Waals surface area contributed by atoms with Crippen molar-refractivity contribution in [2.24, 2.45) is 0 Å². The number of nitrogens with zero attached hydrogens (tertiary/aromatic N) is 1. The molecule has 0 saturated heterocycles. The van der Waals surface area contributed by atoms with Crippen LogP contribution in [0.5, 0.6) is 0 Å². The molecular formula is C13H16BrNO. The van der Waals surface area contributed by atoms with E-state index in [0.29, 0.717) is 6.54 Å². The second-order valence-corrected chi connectivity index (χ2v) is 5.03. The fourth-order valence-electron chi connectivity index (χ4n) is 1.22. The van der Waals surface area contributed by atoms with Crippen LogP contribution in [0.25, 0.3) is 0 Å². The summed E-state index contributed by atoms with van der Waals surface area (Å²) in [6.45, 7) is 2.35. The Morgan fingerprint density at radius 1 is 1.31 bits per heavy atom. The second-order valence-electron chi connectivity index (χ2n) is 4.12. The van der Waals surface area contributed by atoms with Gasteiger partial charge in [-0.1, -0.05) is 39.9 Å². The van der Waals surface area contributed by atoms with Gasteiger partial charge in [-0.2, -0.15) is 0 Å². The van der Waals surface area contributed by atoms with E-state index >= 15 is 0 Å². The molecule has 0 heterocycles. The highest BCUT2D eigenvalue weighted by Gasteiger charge is 2.19. The quantitative estimate of drug-likeness (QED) is 0.841. The molecule has 0 fully saturated rings. The third-order valence-corrected chi connectivity index (χ3v) is 2.66. The lowest BCUT2D eigenvalue weighted by molar-refractivity contribution is 0.122. The van der Waals surface area contributed by atoms with Crippen molar-refractivity contribution >= 4 is 15.9 Å². The molecule has 1 aromatic carbocycles. The van der Waals surface area contributed by atoms with Gasteiger partial charge in [0.2, 0.25) is 0 Å². The maximum atomic E-state index is 10.2. The molecule has 16 heavy (non-hydrogen) atoms. The first-order valence-electron chi connectivity index (χ1n) is 5.05. The molecule has 0 radical (unpaired) electrons. The summed E-state index contributed by atoms with van der Waals surface area (Å²) in [7, 11) is 3.89. The van der Waals surface area contributed by atoms with Crippen LogP contribution < -0.4 is 0 Å². The Bertz CT molecular complexity index is 398. The zero-order valence-electron chi connectivity index (χ0n) is 9.79. The molecule has 2 nitrogen and oxygen atoms in total. The highest BCUT2D eigenvalue weighted by atomic mass is 79.9. The van der Waals surface area contributed by atoms with Gasteiger partial charge in [-0.25, -0.2) is 0 Å². The number of hydrogen-bond acceptors (Lipinski definition) is 2. The molecule has 0 aliphatic rings. The standard InChI is InChI=1S/C13H16BrNO/c1-13(16,9-4-10-15(2)3)11-5-7-12(14)8-6-11/h5-8,16H,10H2,1-3H3. The predicted octanol–water partition coefficient (Wildman–Crippen LogP) is 2.22. The molecule has 0 bridgehead atoms. The Morgan fingerprint density at radius 3 is 2.38 bits per heavy atom. The SMILES string of the molecule is CN(C)CC#CC(C)(O)c1ccc(Br)cc1. The average molecular weight is 282 g/mol. The minimum Gasteiger partial charge on any atom is -0.374 e. The molecule has 3 heteroatoms. The highest BCUT2D eigenvalue weighted by molar-refractivity contribution is 9.10. The van der Waals surface area contributed by atoms with Crippen molar-refractivity contribution in [3.63, 3.8) is 0 Å². The molecule has 1 rings (SSSR count). The van der Waals surface area contributed by atoms with Gasteiger partial charge in [0, 0.05) is 4.47 Å². The summed E-state index contributed by atoms with van der Waals surface area (Å²) in [6.07, 6.45) is 0. The summed E-state index contributed by atoms with van der Waals surface area (Å²) in [5.74, 6) is 5.83. The van der Waals surface area contributed by atoms with E-state index in [-0.39, 0.29) is 0 Å². The smallest absolute Gasteiger partial charge is 0.148 e. The normalized spacial score (nSPS) is 14.1. The summed E-state index contributed by atoms with van der Waals surface area (Å²) in [5, 5.41) is 10.2. The van der Waals surface area contributed by atoms with Gasteiger partial charge >= 0.3 is 0 Å². The van der Waals surface area contributed by atoms with E-state index < -0.39 is 5.60 Å². The summed E-state index contributed by atoms with van der Waals surface area (Å²) >= 11 is 3.36. The number of aliphatic hydroxyl groups is 1. The van der Waals surface area contributed by atoms with Crippen molar-refractivity contribution < 1.29 is 5.11 Å². The number of rotatable bonds is 2. The predicted molar refractivity (Wildman–Crippen MR) is 70.0 cm³/mol. The Morgan fingerprint density at radius 2 is 1.88 bits per heavy atom. The first-order valence-corrected chi connectivity index (χ1v) is 5.84. The van der Waals surface area contributed by atoms with Crippen LogP contribution in [0.1, 0.15) is 12.5 Å². The zero-order chi connectivity index (χ0) is 12.2. The monoisotopic (exact) mass is 281 g/mol. The summed E-state index contributed by atoms with van der Waals surface area (Å²) < 4.78 is 0.994. The topological polar surface area (TPSA) is 23.5 Å². The van der Waals surface area contributed by atoms with Gasteiger partial charge in [-0.3, -0.25) is 4.90 Å². The molecule has 0 aliphatic heterocycles. The lowest BCUT2D eigenvalue weighted by Gasteiger charge is -2.17. The Labute approximate surface area is 105 Å². The van der Waals surface area contributed by atoms with E-state index in [9.17, 15) is 5.11 Å². The molecule has 0 saturated carbocycles. The van der Waals surface area contributed by atoms with Crippen molar-refractivity contribution in [2.45, 2.75) is 12.5 Å². The minimum absolute atomic E-state index is 0.646. The van der Waals surface area contributed by atoms with Crippen LogP contribution in [0.3, 0.4) is 0 Å². The van der Waals surface area contributed by atoms with Gasteiger partial charge in [-0.15, -0.1) is 0 Å². The molecule has 0 amide bonds. The lowest BCUT2D eigenvalue weighted by atomic mass is 9.97. The van der Waals surface area contributed by atoms with Gasteiger partial charge in [0.15, 0.2) is 0 Å². The van der Waals surface area contributed by atoms with Gasteiger partial charge < -0.3 is 5.11 Å². The fourth-order valence-corrected chi connectivity index (χ4v) is 1.48. The molecule has 86 valence electrons. The van der Waals surface area contributed by atoms with Crippen LogP contribution in [0.15, 0.2) is 28.7 Å². The molecule has 1 unspecified atom stereocenters. The lowest BCUT2D eigenvalue weighted by Crippen LogP contribution is -2.19. The number of hydrogen-bond donors (Lipinski definition) is 1. The summed E-state index contributed by atoms with van der Waals surface area (Å²) in [5.41, 5.74) is -0.279. The third kappa shape index (κ3) is 3.97. The van der Waals surface area contributed by atoms with Crippen molar-refractivity contribution in [1.82, 2.24) is 4.90 Å². The van der Waals surface area contributed by atoms with Crippen LogP contribution in [-0.2, 0) is 5.60 Å².